The molecule has 0 N–H and O–H groups in total. The molecule has 9 nitrogen and oxygen atoms in total. The van der Waals surface area contributed by atoms with Crippen LogP contribution in [-0.2, 0) is 16.6 Å². The van der Waals surface area contributed by atoms with E-state index in [9.17, 15) is 18.5 Å². The molecule has 0 aliphatic rings. The summed E-state index contributed by atoms with van der Waals surface area (Å²) in [6.07, 6.45) is 0. The van der Waals surface area contributed by atoms with Gasteiger partial charge in [0, 0.05) is 24.2 Å². The minimum Gasteiger partial charge on any atom is -0.338 e. The van der Waals surface area contributed by atoms with Gasteiger partial charge in [0.05, 0.1) is 16.4 Å². The Morgan fingerprint density at radius 3 is 2.37 bits per heavy atom. The van der Waals surface area contributed by atoms with Gasteiger partial charge in [-0.2, -0.15) is 9.29 Å². The van der Waals surface area contributed by atoms with Crippen molar-refractivity contribution in [3.05, 3.63) is 70.6 Å². The first-order chi connectivity index (χ1) is 12.9. The van der Waals surface area contributed by atoms with Crippen LogP contribution in [0.2, 0.25) is 0 Å². The summed E-state index contributed by atoms with van der Waals surface area (Å²) < 4.78 is 31.9. The van der Waals surface area contributed by atoms with Gasteiger partial charge in [-0.1, -0.05) is 42.4 Å². The Labute approximate surface area is 155 Å². The summed E-state index contributed by atoms with van der Waals surface area (Å²) in [5.74, 6) is 0.524. The van der Waals surface area contributed by atoms with Crippen LogP contribution in [0, 0.1) is 10.1 Å². The lowest BCUT2D eigenvalue weighted by Crippen LogP contribution is -2.30. The molecule has 140 valence electrons. The number of nitro benzene ring substituents is 1. The molecule has 0 saturated heterocycles. The normalized spacial score (nSPS) is 11.6. The summed E-state index contributed by atoms with van der Waals surface area (Å²) in [6.45, 7) is 1.75. The summed E-state index contributed by atoms with van der Waals surface area (Å²) >= 11 is 0. The summed E-state index contributed by atoms with van der Waals surface area (Å²) in [4.78, 5) is 14.3. The maximum absolute atomic E-state index is 12.8. The zero-order chi connectivity index (χ0) is 19.4. The quantitative estimate of drug-likeness (QED) is 0.451. The molecule has 1 heterocycles. The highest BCUT2D eigenvalue weighted by Gasteiger charge is 2.26. The number of aromatic nitrogens is 2. The number of benzene rings is 2. The fraction of sp³-hybridized carbons (Fsp3) is 0.176. The van der Waals surface area contributed by atoms with Gasteiger partial charge in [0.1, 0.15) is 0 Å². The average Bonchev–Trinajstić information content (AvgIpc) is 3.15. The molecular weight excluding hydrogens is 372 g/mol. The van der Waals surface area contributed by atoms with Crippen molar-refractivity contribution >= 4 is 15.7 Å². The molecule has 3 rings (SSSR count). The molecule has 10 heteroatoms. The Morgan fingerprint density at radius 2 is 1.78 bits per heavy atom. The molecule has 0 unspecified atom stereocenters. The van der Waals surface area contributed by atoms with Crippen molar-refractivity contribution in [2.24, 2.45) is 0 Å². The van der Waals surface area contributed by atoms with Crippen molar-refractivity contribution < 1.29 is 17.9 Å². The van der Waals surface area contributed by atoms with E-state index in [-0.39, 0.29) is 29.6 Å². The summed E-state index contributed by atoms with van der Waals surface area (Å²) in [6, 6.07) is 13.9. The van der Waals surface area contributed by atoms with E-state index in [4.69, 9.17) is 4.52 Å². The number of hydrogen-bond acceptors (Lipinski definition) is 7. The van der Waals surface area contributed by atoms with Crippen LogP contribution in [0.1, 0.15) is 12.8 Å². The van der Waals surface area contributed by atoms with E-state index in [1.165, 1.54) is 12.1 Å². The molecule has 2 aromatic carbocycles. The predicted octanol–water partition coefficient (Wildman–Crippen LogP) is 2.86. The van der Waals surface area contributed by atoms with Crippen LogP contribution in [0.4, 0.5) is 5.69 Å². The largest absolute Gasteiger partial charge is 0.338 e. The van der Waals surface area contributed by atoms with E-state index in [0.717, 1.165) is 22.0 Å². The van der Waals surface area contributed by atoms with Crippen LogP contribution in [0.25, 0.3) is 11.4 Å². The van der Waals surface area contributed by atoms with Gasteiger partial charge in [0.2, 0.25) is 21.7 Å². The van der Waals surface area contributed by atoms with Gasteiger partial charge in [0.25, 0.3) is 5.69 Å². The Hall–Kier alpha value is -3.11. The fourth-order valence-electron chi connectivity index (χ4n) is 2.43. The van der Waals surface area contributed by atoms with Crippen LogP contribution in [-0.4, -0.2) is 34.3 Å². The molecule has 0 fully saturated rings. The lowest BCUT2D eigenvalue weighted by molar-refractivity contribution is -0.384. The molecule has 3 aromatic rings. The van der Waals surface area contributed by atoms with Gasteiger partial charge >= 0.3 is 0 Å². The molecule has 0 radical (unpaired) electrons. The molecule has 1 aromatic heterocycles. The maximum atomic E-state index is 12.8. The lowest BCUT2D eigenvalue weighted by Gasteiger charge is -2.18. The molecule has 0 bridgehead atoms. The molecule has 0 aliphatic heterocycles. The number of nitrogens with zero attached hydrogens (tertiary/aromatic N) is 4. The van der Waals surface area contributed by atoms with Crippen molar-refractivity contribution in [2.45, 2.75) is 18.4 Å². The van der Waals surface area contributed by atoms with Gasteiger partial charge < -0.3 is 4.52 Å². The number of nitro groups is 1. The fourth-order valence-corrected chi connectivity index (χ4v) is 3.83. The predicted molar refractivity (Wildman–Crippen MR) is 96.1 cm³/mol. The van der Waals surface area contributed by atoms with Gasteiger partial charge in [-0.3, -0.25) is 10.1 Å². The third-order valence-electron chi connectivity index (χ3n) is 3.85. The molecule has 0 spiro atoms. The third-order valence-corrected chi connectivity index (χ3v) is 5.78. The van der Waals surface area contributed by atoms with Crippen molar-refractivity contribution in [3.63, 3.8) is 0 Å². The van der Waals surface area contributed by atoms with Gasteiger partial charge in [-0.05, 0) is 12.1 Å². The van der Waals surface area contributed by atoms with Crippen molar-refractivity contribution in [2.75, 3.05) is 6.54 Å². The van der Waals surface area contributed by atoms with Crippen LogP contribution < -0.4 is 0 Å². The highest BCUT2D eigenvalue weighted by molar-refractivity contribution is 7.89. The van der Waals surface area contributed by atoms with Gasteiger partial charge in [-0.25, -0.2) is 8.42 Å². The number of non-ortho nitro benzene ring substituents is 1. The molecule has 27 heavy (non-hydrogen) atoms. The van der Waals surface area contributed by atoms with Gasteiger partial charge in [-0.15, -0.1) is 0 Å². The minimum atomic E-state index is -3.86. The lowest BCUT2D eigenvalue weighted by atomic mass is 10.2. The van der Waals surface area contributed by atoms with E-state index in [1.54, 1.807) is 6.92 Å². The topological polar surface area (TPSA) is 119 Å². The van der Waals surface area contributed by atoms with Crippen LogP contribution in [0.3, 0.4) is 0 Å². The van der Waals surface area contributed by atoms with Crippen LogP contribution in [0.5, 0.6) is 0 Å². The third kappa shape index (κ3) is 4.01. The van der Waals surface area contributed by atoms with E-state index in [2.05, 4.69) is 10.1 Å². The second-order valence-corrected chi connectivity index (χ2v) is 7.50. The van der Waals surface area contributed by atoms with Crippen LogP contribution in [0.15, 0.2) is 64.0 Å². The van der Waals surface area contributed by atoms with E-state index in [1.807, 2.05) is 30.3 Å². The summed E-state index contributed by atoms with van der Waals surface area (Å²) in [7, 11) is -3.86. The zero-order valence-electron chi connectivity index (χ0n) is 14.3. The first-order valence-corrected chi connectivity index (χ1v) is 9.48. The van der Waals surface area contributed by atoms with Gasteiger partial charge in [0.15, 0.2) is 0 Å². The zero-order valence-corrected chi connectivity index (χ0v) is 15.2. The Morgan fingerprint density at radius 1 is 1.11 bits per heavy atom. The number of hydrogen-bond donors (Lipinski definition) is 0. The smallest absolute Gasteiger partial charge is 0.269 e. The molecule has 0 saturated carbocycles. The summed E-state index contributed by atoms with van der Waals surface area (Å²) in [5, 5.41) is 14.6. The number of sulfonamides is 1. The Kier molecular flexibility index (Phi) is 5.28. The van der Waals surface area contributed by atoms with Crippen LogP contribution >= 0.6 is 0 Å². The second-order valence-electron chi connectivity index (χ2n) is 5.56. The average molecular weight is 388 g/mol. The molecule has 0 atom stereocenters. The monoisotopic (exact) mass is 388 g/mol. The molecule has 0 amide bonds. The van der Waals surface area contributed by atoms with Crippen molar-refractivity contribution in [3.8, 4) is 11.4 Å². The SMILES string of the molecule is CCN(Cc1nc(-c2ccccc2)no1)S(=O)(=O)c1ccc([N+](=O)[O-])cc1. The number of rotatable bonds is 7. The maximum Gasteiger partial charge on any atom is 0.269 e. The first-order valence-electron chi connectivity index (χ1n) is 8.04. The molecule has 0 aliphatic carbocycles. The minimum absolute atomic E-state index is 0.0438. The van der Waals surface area contributed by atoms with E-state index in [0.29, 0.717) is 5.82 Å². The first kappa shape index (κ1) is 18.7. The van der Waals surface area contributed by atoms with E-state index < -0.39 is 14.9 Å². The van der Waals surface area contributed by atoms with Crippen molar-refractivity contribution in [1.82, 2.24) is 14.4 Å². The molecular formula is C17H16N4O5S. The second kappa shape index (κ2) is 7.64. The standard InChI is InChI=1S/C17H16N4O5S/c1-2-20(27(24,25)15-10-8-14(9-11-15)21(22)23)12-16-18-17(19-26-16)13-6-4-3-5-7-13/h3-11H,2,12H2,1H3. The van der Waals surface area contributed by atoms with Crippen molar-refractivity contribution in [1.29, 1.82) is 0 Å². The Bertz CT molecular complexity index is 1030. The van der Waals surface area contributed by atoms with E-state index >= 15 is 0 Å². The Balaban J connectivity index is 1.82. The summed E-state index contributed by atoms with van der Waals surface area (Å²) in [5.41, 5.74) is 0.579. The highest BCUT2D eigenvalue weighted by atomic mass is 32.2. The highest BCUT2D eigenvalue weighted by Crippen LogP contribution is 2.22.